The third-order valence-electron chi connectivity index (χ3n) is 2.95. The van der Waals surface area contributed by atoms with Crippen molar-refractivity contribution in [2.75, 3.05) is 5.32 Å². The monoisotopic (exact) mass is 290 g/mol. The van der Waals surface area contributed by atoms with E-state index >= 15 is 0 Å². The van der Waals surface area contributed by atoms with E-state index in [9.17, 15) is 24.4 Å². The minimum atomic E-state index is -0.826. The van der Waals surface area contributed by atoms with Gasteiger partial charge in [0.25, 0.3) is 11.6 Å². The van der Waals surface area contributed by atoms with Crippen molar-refractivity contribution in [2.45, 2.75) is 6.92 Å². The number of amides is 1. The normalized spacial score (nSPS) is 10.2. The van der Waals surface area contributed by atoms with E-state index in [1.54, 1.807) is 13.0 Å². The second-order valence-corrected chi connectivity index (χ2v) is 4.32. The largest absolute Gasteiger partial charge is 0.508 e. The zero-order valence-corrected chi connectivity index (χ0v) is 11.0. The first-order chi connectivity index (χ1) is 9.90. The standard InChI is InChI=1S/C14H11FN2O4/c1-8-11(3-2-4-13(8)18)16-14(19)10-6-5-9(15)7-12(10)17(20)21/h2-7,18H,1H3,(H,16,19). The highest BCUT2D eigenvalue weighted by atomic mass is 19.1. The van der Waals surface area contributed by atoms with Crippen LogP contribution >= 0.6 is 0 Å². The summed E-state index contributed by atoms with van der Waals surface area (Å²) < 4.78 is 13.0. The van der Waals surface area contributed by atoms with Crippen molar-refractivity contribution in [3.8, 4) is 5.75 Å². The maximum absolute atomic E-state index is 13.0. The lowest BCUT2D eigenvalue weighted by atomic mass is 10.1. The van der Waals surface area contributed by atoms with Gasteiger partial charge in [0.2, 0.25) is 0 Å². The number of nitro benzene ring substituents is 1. The number of nitrogens with zero attached hydrogens (tertiary/aromatic N) is 1. The van der Waals surface area contributed by atoms with Crippen LogP contribution in [0.25, 0.3) is 0 Å². The van der Waals surface area contributed by atoms with Crippen LogP contribution in [-0.4, -0.2) is 15.9 Å². The van der Waals surface area contributed by atoms with E-state index in [4.69, 9.17) is 0 Å². The molecule has 2 aromatic rings. The number of aromatic hydroxyl groups is 1. The van der Waals surface area contributed by atoms with Gasteiger partial charge in [0, 0.05) is 11.3 Å². The first kappa shape index (κ1) is 14.4. The molecule has 0 saturated heterocycles. The number of phenolic OH excluding ortho intramolecular Hbond substituents is 1. The number of carbonyl (C=O) groups excluding carboxylic acids is 1. The Morgan fingerprint density at radius 3 is 2.71 bits per heavy atom. The summed E-state index contributed by atoms with van der Waals surface area (Å²) in [6.45, 7) is 1.59. The van der Waals surface area contributed by atoms with Crippen LogP contribution in [-0.2, 0) is 0 Å². The van der Waals surface area contributed by atoms with E-state index in [2.05, 4.69) is 5.32 Å². The average molecular weight is 290 g/mol. The molecule has 0 bridgehead atoms. The average Bonchev–Trinajstić information content (AvgIpc) is 2.43. The van der Waals surface area contributed by atoms with Gasteiger partial charge in [-0.15, -0.1) is 0 Å². The van der Waals surface area contributed by atoms with Gasteiger partial charge in [-0.25, -0.2) is 4.39 Å². The van der Waals surface area contributed by atoms with E-state index in [1.807, 2.05) is 0 Å². The van der Waals surface area contributed by atoms with Crippen LogP contribution in [0, 0.1) is 22.9 Å². The molecule has 0 atom stereocenters. The molecule has 6 nitrogen and oxygen atoms in total. The molecule has 0 aliphatic rings. The van der Waals surface area contributed by atoms with Crippen molar-refractivity contribution in [3.63, 3.8) is 0 Å². The second kappa shape index (κ2) is 5.58. The van der Waals surface area contributed by atoms with Crippen molar-refractivity contribution in [1.29, 1.82) is 0 Å². The molecule has 21 heavy (non-hydrogen) atoms. The third kappa shape index (κ3) is 2.97. The summed E-state index contributed by atoms with van der Waals surface area (Å²) in [5.41, 5.74) is -0.135. The summed E-state index contributed by atoms with van der Waals surface area (Å²) in [6, 6.07) is 7.22. The van der Waals surface area contributed by atoms with Crippen molar-refractivity contribution in [2.24, 2.45) is 0 Å². The fraction of sp³-hybridized carbons (Fsp3) is 0.0714. The van der Waals surface area contributed by atoms with E-state index in [0.29, 0.717) is 17.3 Å². The molecule has 2 aromatic carbocycles. The molecular formula is C14H11FN2O4. The predicted molar refractivity (Wildman–Crippen MR) is 73.9 cm³/mol. The predicted octanol–water partition coefficient (Wildman–Crippen LogP) is 3.00. The minimum absolute atomic E-state index is 0.0126. The van der Waals surface area contributed by atoms with Crippen molar-refractivity contribution >= 4 is 17.3 Å². The molecule has 1 amide bonds. The van der Waals surface area contributed by atoms with Crippen LogP contribution in [0.4, 0.5) is 15.8 Å². The third-order valence-corrected chi connectivity index (χ3v) is 2.95. The first-order valence-corrected chi connectivity index (χ1v) is 5.94. The number of nitrogens with one attached hydrogen (secondary N) is 1. The Morgan fingerprint density at radius 1 is 1.33 bits per heavy atom. The molecule has 0 radical (unpaired) electrons. The Kier molecular flexibility index (Phi) is 3.84. The number of hydrogen-bond acceptors (Lipinski definition) is 4. The molecule has 2 N–H and O–H groups in total. The van der Waals surface area contributed by atoms with Crippen LogP contribution in [0.15, 0.2) is 36.4 Å². The highest BCUT2D eigenvalue weighted by molar-refractivity contribution is 6.07. The van der Waals surface area contributed by atoms with Gasteiger partial charge in [-0.3, -0.25) is 14.9 Å². The molecule has 0 fully saturated rings. The number of nitro groups is 1. The van der Waals surface area contributed by atoms with Gasteiger partial charge in [-0.1, -0.05) is 6.07 Å². The number of anilines is 1. The summed E-state index contributed by atoms with van der Waals surface area (Å²) in [6.07, 6.45) is 0. The summed E-state index contributed by atoms with van der Waals surface area (Å²) in [5.74, 6) is -1.57. The quantitative estimate of drug-likeness (QED) is 0.671. The van der Waals surface area contributed by atoms with Gasteiger partial charge in [-0.05, 0) is 31.2 Å². The lowest BCUT2D eigenvalue weighted by molar-refractivity contribution is -0.385. The van der Waals surface area contributed by atoms with Gasteiger partial charge < -0.3 is 10.4 Å². The Balaban J connectivity index is 2.37. The van der Waals surface area contributed by atoms with E-state index < -0.39 is 22.3 Å². The topological polar surface area (TPSA) is 92.5 Å². The van der Waals surface area contributed by atoms with E-state index in [0.717, 1.165) is 12.1 Å². The molecule has 108 valence electrons. The molecule has 0 spiro atoms. The van der Waals surface area contributed by atoms with Crippen LogP contribution in [0.5, 0.6) is 5.75 Å². The molecule has 0 heterocycles. The summed E-state index contributed by atoms with van der Waals surface area (Å²) in [4.78, 5) is 22.1. The molecule has 0 aliphatic carbocycles. The van der Waals surface area contributed by atoms with E-state index in [-0.39, 0.29) is 11.3 Å². The first-order valence-electron chi connectivity index (χ1n) is 5.94. The van der Waals surface area contributed by atoms with Crippen LogP contribution < -0.4 is 5.32 Å². The van der Waals surface area contributed by atoms with Crippen LogP contribution in [0.1, 0.15) is 15.9 Å². The number of rotatable bonds is 3. The second-order valence-electron chi connectivity index (χ2n) is 4.32. The summed E-state index contributed by atoms with van der Waals surface area (Å²) in [5, 5.41) is 22.9. The lowest BCUT2D eigenvalue weighted by Gasteiger charge is -2.09. The van der Waals surface area contributed by atoms with Crippen molar-refractivity contribution in [1.82, 2.24) is 0 Å². The molecule has 7 heteroatoms. The highest BCUT2D eigenvalue weighted by Gasteiger charge is 2.21. The van der Waals surface area contributed by atoms with Crippen molar-refractivity contribution in [3.05, 3.63) is 63.5 Å². The molecule has 2 rings (SSSR count). The van der Waals surface area contributed by atoms with Crippen molar-refractivity contribution < 1.29 is 19.2 Å². The SMILES string of the molecule is Cc1c(O)cccc1NC(=O)c1ccc(F)cc1[N+](=O)[O-]. The maximum Gasteiger partial charge on any atom is 0.285 e. The molecular weight excluding hydrogens is 279 g/mol. The van der Waals surface area contributed by atoms with Gasteiger partial charge >= 0.3 is 0 Å². The van der Waals surface area contributed by atoms with Crippen LogP contribution in [0.2, 0.25) is 0 Å². The number of halogens is 1. The number of phenols is 1. The number of carbonyl (C=O) groups is 1. The summed E-state index contributed by atoms with van der Waals surface area (Å²) >= 11 is 0. The minimum Gasteiger partial charge on any atom is -0.508 e. The van der Waals surface area contributed by atoms with E-state index in [1.165, 1.54) is 12.1 Å². The Bertz CT molecular complexity index is 731. The molecule has 0 saturated carbocycles. The van der Waals surface area contributed by atoms with Gasteiger partial charge in [0.05, 0.1) is 11.0 Å². The van der Waals surface area contributed by atoms with Gasteiger partial charge in [-0.2, -0.15) is 0 Å². The number of benzene rings is 2. The van der Waals surface area contributed by atoms with Gasteiger partial charge in [0.15, 0.2) is 0 Å². The Morgan fingerprint density at radius 2 is 2.05 bits per heavy atom. The Hall–Kier alpha value is -2.96. The molecule has 0 unspecified atom stereocenters. The fourth-order valence-electron chi connectivity index (χ4n) is 1.80. The zero-order valence-electron chi connectivity index (χ0n) is 11.0. The fourth-order valence-corrected chi connectivity index (χ4v) is 1.80. The smallest absolute Gasteiger partial charge is 0.285 e. The summed E-state index contributed by atoms with van der Waals surface area (Å²) in [7, 11) is 0. The van der Waals surface area contributed by atoms with Gasteiger partial charge in [0.1, 0.15) is 17.1 Å². The highest BCUT2D eigenvalue weighted by Crippen LogP contribution is 2.26. The van der Waals surface area contributed by atoms with Crippen LogP contribution in [0.3, 0.4) is 0 Å². The molecule has 0 aromatic heterocycles. The maximum atomic E-state index is 13.0. The number of hydrogen-bond donors (Lipinski definition) is 2. The zero-order chi connectivity index (χ0) is 15.6. The molecule has 0 aliphatic heterocycles. The Labute approximate surface area is 119 Å². The lowest BCUT2D eigenvalue weighted by Crippen LogP contribution is -2.14.